The molecule has 6 nitrogen and oxygen atoms in total. The molecular weight excluding hydrogens is 238 g/mol. The van der Waals surface area contributed by atoms with E-state index in [0.717, 1.165) is 0 Å². The fraction of sp³-hybridized carbons (Fsp3) is 1.00. The summed E-state index contributed by atoms with van der Waals surface area (Å²) in [5, 5.41) is 9.23. The number of methoxy groups -OCH3 is 1. The lowest BCUT2D eigenvalue weighted by Crippen LogP contribution is -2.22. The Balaban J connectivity index is 0. The minimum absolute atomic E-state index is 0.265. The highest BCUT2D eigenvalue weighted by atomic mass is 16.5. The van der Waals surface area contributed by atoms with Gasteiger partial charge in [-0.15, -0.1) is 0 Å². The number of nitrogens with two attached hydrogens (primary N) is 1. The first-order chi connectivity index (χ1) is 8.81. The van der Waals surface area contributed by atoms with Gasteiger partial charge in [-0.3, -0.25) is 0 Å². The molecule has 0 saturated heterocycles. The minimum atomic E-state index is -0.571. The van der Waals surface area contributed by atoms with Crippen LogP contribution in [0.3, 0.4) is 0 Å². The van der Waals surface area contributed by atoms with E-state index in [1.54, 1.807) is 0 Å². The Kier molecular flexibility index (Phi) is 21.3. The normalized spacial score (nSPS) is 11.8. The first-order valence-electron chi connectivity index (χ1n) is 6.41. The van der Waals surface area contributed by atoms with Crippen molar-refractivity contribution in [2.75, 3.05) is 59.9 Å². The summed E-state index contributed by atoms with van der Waals surface area (Å²) in [6, 6.07) is 0. The summed E-state index contributed by atoms with van der Waals surface area (Å²) < 4.78 is 20.2. The zero-order valence-corrected chi connectivity index (χ0v) is 11.9. The molecule has 0 amide bonds. The van der Waals surface area contributed by atoms with Crippen LogP contribution in [-0.2, 0) is 18.9 Å². The molecule has 0 heterocycles. The highest BCUT2D eigenvalue weighted by Gasteiger charge is 2.02. The Bertz CT molecular complexity index is 138. The van der Waals surface area contributed by atoms with Crippen molar-refractivity contribution in [1.29, 1.82) is 0 Å². The SMILES string of the molecule is CC.COCC(O)COCCOCCOCCN. The Morgan fingerprint density at radius 3 is 1.89 bits per heavy atom. The largest absolute Gasteiger partial charge is 0.388 e. The average molecular weight is 267 g/mol. The summed E-state index contributed by atoms with van der Waals surface area (Å²) in [4.78, 5) is 0. The van der Waals surface area contributed by atoms with Crippen LogP contribution in [0.25, 0.3) is 0 Å². The number of ether oxygens (including phenoxy) is 4. The van der Waals surface area contributed by atoms with E-state index in [-0.39, 0.29) is 13.2 Å². The zero-order chi connectivity index (χ0) is 14.1. The molecule has 0 aliphatic carbocycles. The molecule has 0 bridgehead atoms. The van der Waals surface area contributed by atoms with E-state index in [2.05, 4.69) is 0 Å². The molecule has 0 fully saturated rings. The molecule has 0 spiro atoms. The van der Waals surface area contributed by atoms with Crippen LogP contribution in [0.15, 0.2) is 0 Å². The monoisotopic (exact) mass is 267 g/mol. The Morgan fingerprint density at radius 1 is 0.889 bits per heavy atom. The summed E-state index contributed by atoms with van der Waals surface area (Å²) in [6.07, 6.45) is -0.571. The molecule has 0 aliphatic rings. The smallest absolute Gasteiger partial charge is 0.101 e. The number of aliphatic hydroxyl groups is 1. The standard InChI is InChI=1S/C10H23NO5.C2H6/c1-13-8-10(12)9-16-7-6-15-5-4-14-3-2-11;1-2/h10,12H,2-9,11H2,1H3;1-2H3. The molecule has 0 aromatic rings. The van der Waals surface area contributed by atoms with Crippen LogP contribution >= 0.6 is 0 Å². The summed E-state index contributed by atoms with van der Waals surface area (Å²) in [5.74, 6) is 0. The third kappa shape index (κ3) is 18.1. The summed E-state index contributed by atoms with van der Waals surface area (Å²) in [7, 11) is 1.54. The number of aliphatic hydroxyl groups excluding tert-OH is 1. The van der Waals surface area contributed by atoms with Crippen LogP contribution < -0.4 is 5.73 Å². The highest BCUT2D eigenvalue weighted by molar-refractivity contribution is 4.49. The van der Waals surface area contributed by atoms with Gasteiger partial charge in [-0.05, 0) is 0 Å². The lowest BCUT2D eigenvalue weighted by Gasteiger charge is -2.10. The Hall–Kier alpha value is -0.240. The lowest BCUT2D eigenvalue weighted by molar-refractivity contribution is -0.0288. The molecule has 0 aromatic heterocycles. The molecule has 1 atom stereocenters. The van der Waals surface area contributed by atoms with Gasteiger partial charge >= 0.3 is 0 Å². The maximum Gasteiger partial charge on any atom is 0.101 e. The van der Waals surface area contributed by atoms with Crippen molar-refractivity contribution in [3.8, 4) is 0 Å². The van der Waals surface area contributed by atoms with E-state index in [1.165, 1.54) is 7.11 Å². The van der Waals surface area contributed by atoms with Gasteiger partial charge in [0.1, 0.15) is 6.10 Å². The molecule has 18 heavy (non-hydrogen) atoms. The molecule has 1 unspecified atom stereocenters. The number of hydrogen-bond acceptors (Lipinski definition) is 6. The van der Waals surface area contributed by atoms with Crippen molar-refractivity contribution >= 4 is 0 Å². The molecule has 0 rings (SSSR count). The van der Waals surface area contributed by atoms with Crippen LogP contribution in [0.4, 0.5) is 0 Å². The molecule has 6 heteroatoms. The van der Waals surface area contributed by atoms with Crippen LogP contribution in [0.2, 0.25) is 0 Å². The van der Waals surface area contributed by atoms with Crippen LogP contribution in [0.5, 0.6) is 0 Å². The van der Waals surface area contributed by atoms with Gasteiger partial charge in [0.15, 0.2) is 0 Å². The number of rotatable bonds is 12. The van der Waals surface area contributed by atoms with Gasteiger partial charge in [0, 0.05) is 13.7 Å². The Labute approximate surface area is 110 Å². The van der Waals surface area contributed by atoms with Crippen molar-refractivity contribution in [2.24, 2.45) is 5.73 Å². The molecular formula is C12H29NO5. The van der Waals surface area contributed by atoms with Gasteiger partial charge in [0.2, 0.25) is 0 Å². The van der Waals surface area contributed by atoms with Crippen molar-refractivity contribution in [1.82, 2.24) is 0 Å². The van der Waals surface area contributed by atoms with E-state index in [4.69, 9.17) is 24.7 Å². The van der Waals surface area contributed by atoms with E-state index in [0.29, 0.717) is 39.6 Å². The van der Waals surface area contributed by atoms with Crippen LogP contribution in [-0.4, -0.2) is 71.1 Å². The molecule has 0 saturated carbocycles. The van der Waals surface area contributed by atoms with E-state index >= 15 is 0 Å². The third-order valence-corrected chi connectivity index (χ3v) is 1.68. The molecule has 3 N–H and O–H groups in total. The maximum absolute atomic E-state index is 9.23. The fourth-order valence-electron chi connectivity index (χ4n) is 0.983. The predicted molar refractivity (Wildman–Crippen MR) is 70.7 cm³/mol. The van der Waals surface area contributed by atoms with Gasteiger partial charge in [0.05, 0.1) is 46.2 Å². The van der Waals surface area contributed by atoms with E-state index < -0.39 is 6.10 Å². The first kappa shape index (κ1) is 20.1. The zero-order valence-electron chi connectivity index (χ0n) is 11.9. The maximum atomic E-state index is 9.23. The number of hydrogen-bond donors (Lipinski definition) is 2. The van der Waals surface area contributed by atoms with Gasteiger partial charge in [-0.25, -0.2) is 0 Å². The van der Waals surface area contributed by atoms with Gasteiger partial charge in [0.25, 0.3) is 0 Å². The minimum Gasteiger partial charge on any atom is -0.388 e. The summed E-state index contributed by atoms with van der Waals surface area (Å²) in [6.45, 7) is 7.66. The molecule has 112 valence electrons. The topological polar surface area (TPSA) is 83.2 Å². The van der Waals surface area contributed by atoms with Gasteiger partial charge in [-0.2, -0.15) is 0 Å². The molecule has 0 radical (unpaired) electrons. The second-order valence-electron chi connectivity index (χ2n) is 3.20. The van der Waals surface area contributed by atoms with Crippen molar-refractivity contribution in [3.05, 3.63) is 0 Å². The van der Waals surface area contributed by atoms with Gasteiger partial charge in [-0.1, -0.05) is 13.8 Å². The second-order valence-corrected chi connectivity index (χ2v) is 3.20. The van der Waals surface area contributed by atoms with Crippen molar-refractivity contribution < 1.29 is 24.1 Å². The predicted octanol–water partition coefficient (Wildman–Crippen LogP) is 0.0284. The first-order valence-corrected chi connectivity index (χ1v) is 6.41. The Morgan fingerprint density at radius 2 is 1.39 bits per heavy atom. The summed E-state index contributed by atoms with van der Waals surface area (Å²) >= 11 is 0. The average Bonchev–Trinajstić information content (AvgIpc) is 2.39. The van der Waals surface area contributed by atoms with Crippen LogP contribution in [0, 0.1) is 0 Å². The van der Waals surface area contributed by atoms with Crippen LogP contribution in [0.1, 0.15) is 13.8 Å². The third-order valence-electron chi connectivity index (χ3n) is 1.68. The fourth-order valence-corrected chi connectivity index (χ4v) is 0.983. The lowest BCUT2D eigenvalue weighted by atomic mass is 10.4. The molecule has 0 aliphatic heterocycles. The van der Waals surface area contributed by atoms with E-state index in [1.807, 2.05) is 13.8 Å². The molecule has 0 aromatic carbocycles. The van der Waals surface area contributed by atoms with E-state index in [9.17, 15) is 5.11 Å². The quantitative estimate of drug-likeness (QED) is 0.485. The van der Waals surface area contributed by atoms with Crippen molar-refractivity contribution in [2.45, 2.75) is 20.0 Å². The van der Waals surface area contributed by atoms with Crippen molar-refractivity contribution in [3.63, 3.8) is 0 Å². The summed E-state index contributed by atoms with van der Waals surface area (Å²) in [5.41, 5.74) is 5.24. The van der Waals surface area contributed by atoms with Gasteiger partial charge < -0.3 is 29.8 Å². The second kappa shape index (κ2) is 19.1. The highest BCUT2D eigenvalue weighted by Crippen LogP contribution is 1.87.